The minimum Gasteiger partial charge on any atom is -0.444 e. The number of ether oxygens (including phenoxy) is 1. The smallest absolute Gasteiger partial charge is 0.410 e. The molecule has 5 rings (SSSR count). The van der Waals surface area contributed by atoms with Crippen LogP contribution in [0.25, 0.3) is 11.3 Å². The number of aryl methyl sites for hydroxylation is 1. The van der Waals surface area contributed by atoms with E-state index in [1.807, 2.05) is 37.3 Å². The van der Waals surface area contributed by atoms with E-state index in [1.165, 1.54) is 12.8 Å². The first-order chi connectivity index (χ1) is 13.3. The van der Waals surface area contributed by atoms with Crippen LogP contribution in [0, 0.1) is 24.7 Å². The van der Waals surface area contributed by atoms with Crippen LogP contribution in [0.3, 0.4) is 0 Å². The van der Waals surface area contributed by atoms with Gasteiger partial charge in [-0.05, 0) is 64.4 Å². The monoisotopic (exact) mass is 384 g/mol. The molecule has 2 aromatic rings. The Balaban J connectivity index is 1.29. The third-order valence-corrected chi connectivity index (χ3v) is 6.09. The molecule has 1 aliphatic heterocycles. The Kier molecular flexibility index (Phi) is 3.87. The minimum absolute atomic E-state index is 0.214. The average Bonchev–Trinajstić information content (AvgIpc) is 3.34. The predicted molar refractivity (Wildman–Crippen MR) is 103 cm³/mol. The highest BCUT2D eigenvalue weighted by atomic mass is 16.6. The van der Waals surface area contributed by atoms with E-state index in [2.05, 4.69) is 17.4 Å². The molecular weight excluding hydrogens is 356 g/mol. The van der Waals surface area contributed by atoms with E-state index in [-0.39, 0.29) is 6.09 Å². The summed E-state index contributed by atoms with van der Waals surface area (Å²) in [4.78, 5) is 14.1. The van der Waals surface area contributed by atoms with E-state index in [1.54, 1.807) is 0 Å². The first-order valence-corrected chi connectivity index (χ1v) is 10.3. The topological polar surface area (TPSA) is 73.4 Å². The Morgan fingerprint density at radius 2 is 2.00 bits per heavy atom. The number of hydrogen-bond acceptors (Lipinski definition) is 5. The van der Waals surface area contributed by atoms with Crippen LogP contribution in [-0.2, 0) is 11.3 Å². The molecule has 1 amide bonds. The number of aromatic nitrogens is 3. The number of carbonyl (C=O) groups is 1. The predicted octanol–water partition coefficient (Wildman–Crippen LogP) is 3.84. The van der Waals surface area contributed by atoms with Gasteiger partial charge in [0.2, 0.25) is 0 Å². The second kappa shape index (κ2) is 6.09. The molecule has 0 aromatic carbocycles. The van der Waals surface area contributed by atoms with Gasteiger partial charge in [0.15, 0.2) is 0 Å². The van der Waals surface area contributed by atoms with Crippen molar-refractivity contribution in [3.63, 3.8) is 0 Å². The maximum Gasteiger partial charge on any atom is 0.410 e. The second-order valence-electron chi connectivity index (χ2n) is 9.60. The highest BCUT2D eigenvalue weighted by Gasteiger charge is 2.59. The van der Waals surface area contributed by atoms with Crippen molar-refractivity contribution in [3.05, 3.63) is 23.7 Å². The molecule has 3 heterocycles. The molecular formula is C21H28N4O3. The van der Waals surface area contributed by atoms with Crippen molar-refractivity contribution >= 4 is 6.09 Å². The van der Waals surface area contributed by atoms with Gasteiger partial charge in [-0.25, -0.2) is 4.79 Å². The lowest BCUT2D eigenvalue weighted by molar-refractivity contribution is 0.0270. The van der Waals surface area contributed by atoms with Gasteiger partial charge in [-0.3, -0.25) is 4.68 Å². The molecule has 3 atom stereocenters. The van der Waals surface area contributed by atoms with Crippen molar-refractivity contribution < 1.29 is 14.1 Å². The molecule has 2 aliphatic carbocycles. The van der Waals surface area contributed by atoms with Crippen LogP contribution >= 0.6 is 0 Å². The largest absolute Gasteiger partial charge is 0.444 e. The summed E-state index contributed by atoms with van der Waals surface area (Å²) in [5.41, 5.74) is 2.54. The average molecular weight is 384 g/mol. The van der Waals surface area contributed by atoms with Crippen molar-refractivity contribution in [3.8, 4) is 11.3 Å². The van der Waals surface area contributed by atoms with Gasteiger partial charge in [0.25, 0.3) is 0 Å². The Labute approximate surface area is 165 Å². The van der Waals surface area contributed by atoms with E-state index in [0.717, 1.165) is 48.3 Å². The van der Waals surface area contributed by atoms with Crippen molar-refractivity contribution in [2.24, 2.45) is 17.8 Å². The van der Waals surface area contributed by atoms with Crippen LogP contribution in [-0.4, -0.2) is 44.6 Å². The summed E-state index contributed by atoms with van der Waals surface area (Å²) in [7, 11) is 0. The lowest BCUT2D eigenvalue weighted by Gasteiger charge is -2.25. The van der Waals surface area contributed by atoms with E-state index < -0.39 is 5.60 Å². The fraction of sp³-hybridized carbons (Fsp3) is 0.667. The summed E-state index contributed by atoms with van der Waals surface area (Å²) in [5.74, 6) is 2.83. The van der Waals surface area contributed by atoms with Crippen LogP contribution in [0.5, 0.6) is 0 Å². The Bertz CT molecular complexity index is 893. The SMILES string of the molecule is Cc1onc(C2[C@H]3CN(C(=O)OC(C)(C)C)C[C@@H]23)c1-c1ccn(CC2CC2)n1. The van der Waals surface area contributed by atoms with Gasteiger partial charge in [0.1, 0.15) is 11.4 Å². The molecule has 0 N–H and O–H groups in total. The van der Waals surface area contributed by atoms with Crippen LogP contribution < -0.4 is 0 Å². The molecule has 28 heavy (non-hydrogen) atoms. The summed E-state index contributed by atoms with van der Waals surface area (Å²) in [5, 5.41) is 9.16. The molecule has 3 aliphatic rings. The third-order valence-electron chi connectivity index (χ3n) is 6.09. The summed E-state index contributed by atoms with van der Waals surface area (Å²) in [6.45, 7) is 10.1. The van der Waals surface area contributed by atoms with Gasteiger partial charge in [0.05, 0.1) is 17.0 Å². The first kappa shape index (κ1) is 17.8. The number of rotatable bonds is 4. The van der Waals surface area contributed by atoms with Gasteiger partial charge in [-0.1, -0.05) is 5.16 Å². The molecule has 7 nitrogen and oxygen atoms in total. The number of piperidine rings is 1. The molecule has 2 aromatic heterocycles. The Morgan fingerprint density at radius 1 is 1.29 bits per heavy atom. The van der Waals surface area contributed by atoms with Crippen LogP contribution in [0.4, 0.5) is 4.79 Å². The quantitative estimate of drug-likeness (QED) is 0.801. The number of carbonyl (C=O) groups excluding carboxylic acids is 1. The van der Waals surface area contributed by atoms with Gasteiger partial charge in [-0.15, -0.1) is 0 Å². The van der Waals surface area contributed by atoms with Crippen molar-refractivity contribution in [2.75, 3.05) is 13.1 Å². The summed E-state index contributed by atoms with van der Waals surface area (Å²) >= 11 is 0. The molecule has 1 unspecified atom stereocenters. The van der Waals surface area contributed by atoms with Crippen LogP contribution in [0.1, 0.15) is 51.0 Å². The summed E-state index contributed by atoms with van der Waals surface area (Å²) < 4.78 is 13.1. The zero-order valence-corrected chi connectivity index (χ0v) is 17.0. The maximum absolute atomic E-state index is 12.3. The van der Waals surface area contributed by atoms with Crippen LogP contribution in [0.15, 0.2) is 16.8 Å². The van der Waals surface area contributed by atoms with Gasteiger partial charge in [-0.2, -0.15) is 5.10 Å². The molecule has 1 saturated heterocycles. The van der Waals surface area contributed by atoms with E-state index in [9.17, 15) is 4.79 Å². The molecule has 2 saturated carbocycles. The lowest BCUT2D eigenvalue weighted by atomic mass is 10.0. The van der Waals surface area contributed by atoms with Gasteiger partial charge < -0.3 is 14.2 Å². The van der Waals surface area contributed by atoms with Gasteiger partial charge in [0, 0.05) is 31.7 Å². The maximum atomic E-state index is 12.3. The molecule has 3 fully saturated rings. The van der Waals surface area contributed by atoms with Crippen molar-refractivity contribution in [2.45, 2.75) is 58.6 Å². The Morgan fingerprint density at radius 3 is 2.64 bits per heavy atom. The van der Waals surface area contributed by atoms with Crippen LogP contribution in [0.2, 0.25) is 0 Å². The van der Waals surface area contributed by atoms with E-state index in [4.69, 9.17) is 14.4 Å². The molecule has 7 heteroatoms. The molecule has 150 valence electrons. The van der Waals surface area contributed by atoms with Gasteiger partial charge >= 0.3 is 6.09 Å². The van der Waals surface area contributed by atoms with Crippen molar-refractivity contribution in [1.82, 2.24) is 19.8 Å². The number of likely N-dealkylation sites (tertiary alicyclic amines) is 1. The third kappa shape index (κ3) is 3.20. The van der Waals surface area contributed by atoms with E-state index in [0.29, 0.717) is 17.8 Å². The number of amides is 1. The standard InChI is InChI=1S/C21H28N4O3/c1-12-17(16-7-8-25(22-16)9-13-5-6-13)19(23-28-12)18-14-10-24(11-15(14)18)20(26)27-21(2,3)4/h7-8,13-15,18H,5-6,9-11H2,1-4H3/t14-,15+,18?. The highest BCUT2D eigenvalue weighted by Crippen LogP contribution is 2.59. The minimum atomic E-state index is -0.459. The Hall–Kier alpha value is -2.31. The zero-order valence-electron chi connectivity index (χ0n) is 17.0. The fourth-order valence-corrected chi connectivity index (χ4v) is 4.50. The fourth-order valence-electron chi connectivity index (χ4n) is 4.50. The first-order valence-electron chi connectivity index (χ1n) is 10.3. The highest BCUT2D eigenvalue weighted by molar-refractivity contribution is 5.70. The lowest BCUT2D eigenvalue weighted by Crippen LogP contribution is -2.36. The zero-order chi connectivity index (χ0) is 19.6. The summed E-state index contributed by atoms with van der Waals surface area (Å²) in [6.07, 6.45) is 4.47. The normalized spacial score (nSPS) is 26.4. The summed E-state index contributed by atoms with van der Waals surface area (Å²) in [6, 6.07) is 2.07. The number of fused-ring (bicyclic) bond motifs is 1. The molecule has 0 spiro atoms. The second-order valence-corrected chi connectivity index (χ2v) is 9.60. The van der Waals surface area contributed by atoms with E-state index >= 15 is 0 Å². The van der Waals surface area contributed by atoms with Crippen molar-refractivity contribution in [1.29, 1.82) is 0 Å². The number of hydrogen-bond donors (Lipinski definition) is 0. The molecule has 0 bridgehead atoms. The number of nitrogens with zero attached hydrogens (tertiary/aromatic N) is 4. The molecule has 0 radical (unpaired) electrons.